The maximum Gasteiger partial charge on any atom is 0.434 e. The number of hydrogen-bond acceptors (Lipinski definition) is 4. The van der Waals surface area contributed by atoms with Gasteiger partial charge in [-0.25, -0.2) is 0 Å². The number of para-hydroxylation sites is 1. The van der Waals surface area contributed by atoms with E-state index in [1.54, 1.807) is 0 Å². The number of anilines is 4. The first-order valence-electron chi connectivity index (χ1n) is 16.1. The standard InChI is InChI=1S/C42H25BN2OS/c1-2-12-26(13-3-1)27-22-23-35-34(24-27)39-33-19-9-11-21-38(33)47-41(39)43-44(40-32-18-8-10-20-37(32)46-42(40)45(35)43)36-25-28-14-4-5-15-29(28)30-16-6-7-17-31(30)36/h1-25H. The lowest BCUT2D eigenvalue weighted by Gasteiger charge is -2.35. The van der Waals surface area contributed by atoms with Gasteiger partial charge in [-0.1, -0.05) is 115 Å². The van der Waals surface area contributed by atoms with Crippen LogP contribution < -0.4 is 14.4 Å². The zero-order chi connectivity index (χ0) is 30.6. The van der Waals surface area contributed by atoms with Gasteiger partial charge in [0.1, 0.15) is 11.3 Å². The third-order valence-electron chi connectivity index (χ3n) is 10.00. The Kier molecular flexibility index (Phi) is 5.07. The van der Waals surface area contributed by atoms with E-state index in [0.29, 0.717) is 0 Å². The maximum absolute atomic E-state index is 6.88. The summed E-state index contributed by atoms with van der Waals surface area (Å²) in [5.41, 5.74) is 9.37. The Bertz CT molecular complexity index is 2730. The van der Waals surface area contributed by atoms with E-state index in [2.05, 4.69) is 161 Å². The average Bonchev–Trinajstić information content (AvgIpc) is 3.81. The predicted molar refractivity (Wildman–Crippen MR) is 200 cm³/mol. The first kappa shape index (κ1) is 25.4. The summed E-state index contributed by atoms with van der Waals surface area (Å²) in [5.74, 6) is 0.894. The van der Waals surface area contributed by atoms with E-state index in [0.717, 1.165) is 22.5 Å². The van der Waals surface area contributed by atoms with Crippen molar-refractivity contribution in [2.24, 2.45) is 0 Å². The van der Waals surface area contributed by atoms with E-state index in [1.165, 1.54) is 70.0 Å². The van der Waals surface area contributed by atoms with Crippen LogP contribution in [0.5, 0.6) is 0 Å². The van der Waals surface area contributed by atoms with Crippen LogP contribution >= 0.6 is 11.3 Å². The molecule has 218 valence electrons. The van der Waals surface area contributed by atoms with Crippen LogP contribution in [0.25, 0.3) is 64.9 Å². The summed E-state index contributed by atoms with van der Waals surface area (Å²) in [6.07, 6.45) is 0. The summed E-state index contributed by atoms with van der Waals surface area (Å²) < 4.78 is 9.51. The molecular weight excluding hydrogens is 591 g/mol. The van der Waals surface area contributed by atoms with Crippen LogP contribution in [0.3, 0.4) is 0 Å². The van der Waals surface area contributed by atoms with Crippen LogP contribution in [-0.2, 0) is 0 Å². The summed E-state index contributed by atoms with van der Waals surface area (Å²) in [6, 6.07) is 55.0. The molecule has 0 amide bonds. The molecule has 0 bridgehead atoms. The molecule has 0 radical (unpaired) electrons. The average molecular weight is 617 g/mol. The number of furan rings is 1. The Morgan fingerprint density at radius 3 is 2.09 bits per heavy atom. The van der Waals surface area contributed by atoms with Crippen molar-refractivity contribution in [2.45, 2.75) is 0 Å². The smallest absolute Gasteiger partial charge is 0.434 e. The SMILES string of the molecule is c1ccc(-c2ccc3c(c2)-c2c(sc4ccccc24)B2N3c3oc4ccccc4c3N2c2cc3ccccc3c3ccccc23)cc1. The van der Waals surface area contributed by atoms with Crippen molar-refractivity contribution in [3.63, 3.8) is 0 Å². The Morgan fingerprint density at radius 2 is 1.21 bits per heavy atom. The Hall–Kier alpha value is -5.78. The van der Waals surface area contributed by atoms with Gasteiger partial charge >= 0.3 is 6.98 Å². The fourth-order valence-corrected chi connectivity index (χ4v) is 9.31. The molecule has 11 rings (SSSR count). The normalized spacial score (nSPS) is 13.4. The van der Waals surface area contributed by atoms with Gasteiger partial charge in [0, 0.05) is 42.8 Å². The van der Waals surface area contributed by atoms with E-state index in [9.17, 15) is 0 Å². The minimum Gasteiger partial charge on any atom is -0.439 e. The highest BCUT2D eigenvalue weighted by molar-refractivity contribution is 7.31. The molecule has 0 spiro atoms. The van der Waals surface area contributed by atoms with Crippen molar-refractivity contribution in [2.75, 3.05) is 9.62 Å². The van der Waals surface area contributed by atoms with Gasteiger partial charge in [0.15, 0.2) is 0 Å². The van der Waals surface area contributed by atoms with Crippen LogP contribution in [0.4, 0.5) is 22.9 Å². The van der Waals surface area contributed by atoms with Gasteiger partial charge in [-0.2, -0.15) is 0 Å². The molecule has 0 N–H and O–H groups in total. The highest BCUT2D eigenvalue weighted by Gasteiger charge is 2.52. The van der Waals surface area contributed by atoms with Crippen LogP contribution in [0, 0.1) is 0 Å². The Balaban J connectivity index is 1.27. The fourth-order valence-electron chi connectivity index (χ4n) is 8.01. The second-order valence-corrected chi connectivity index (χ2v) is 13.5. The molecule has 2 aromatic heterocycles. The van der Waals surface area contributed by atoms with Gasteiger partial charge in [-0.05, 0) is 69.1 Å². The summed E-state index contributed by atoms with van der Waals surface area (Å²) in [5, 5.41) is 7.42. The number of rotatable bonds is 2. The van der Waals surface area contributed by atoms with E-state index >= 15 is 0 Å². The van der Waals surface area contributed by atoms with Gasteiger partial charge in [-0.3, -0.25) is 0 Å². The molecule has 2 aliphatic rings. The predicted octanol–water partition coefficient (Wildman–Crippen LogP) is 11.3. The van der Waals surface area contributed by atoms with Crippen molar-refractivity contribution >= 4 is 88.6 Å². The Morgan fingerprint density at radius 1 is 0.511 bits per heavy atom. The molecule has 0 saturated heterocycles. The van der Waals surface area contributed by atoms with Gasteiger partial charge in [-0.15, -0.1) is 11.3 Å². The van der Waals surface area contributed by atoms with Crippen LogP contribution in [0.1, 0.15) is 0 Å². The lowest BCUT2D eigenvalue weighted by atomic mass is 9.64. The molecule has 5 heteroatoms. The van der Waals surface area contributed by atoms with Gasteiger partial charge < -0.3 is 14.0 Å². The first-order chi connectivity index (χ1) is 23.3. The molecule has 9 aromatic rings. The summed E-state index contributed by atoms with van der Waals surface area (Å²) in [6.45, 7) is -0.111. The van der Waals surface area contributed by atoms with Crippen molar-refractivity contribution < 1.29 is 4.42 Å². The molecular formula is C42H25BN2OS. The molecule has 0 atom stereocenters. The third-order valence-corrected chi connectivity index (χ3v) is 11.2. The fraction of sp³-hybridized carbons (Fsp3) is 0. The summed E-state index contributed by atoms with van der Waals surface area (Å²) in [4.78, 5) is 5.03. The maximum atomic E-state index is 6.88. The number of thiophene rings is 1. The van der Waals surface area contributed by atoms with E-state index in [-0.39, 0.29) is 6.98 Å². The van der Waals surface area contributed by atoms with E-state index in [1.807, 2.05) is 11.3 Å². The van der Waals surface area contributed by atoms with Crippen molar-refractivity contribution in [1.29, 1.82) is 0 Å². The summed E-state index contributed by atoms with van der Waals surface area (Å²) >= 11 is 1.90. The minimum absolute atomic E-state index is 0.111. The molecule has 0 aliphatic carbocycles. The highest BCUT2D eigenvalue weighted by atomic mass is 32.1. The van der Waals surface area contributed by atoms with E-state index < -0.39 is 0 Å². The van der Waals surface area contributed by atoms with Crippen molar-refractivity contribution in [1.82, 2.24) is 0 Å². The second-order valence-electron chi connectivity index (χ2n) is 12.5. The first-order valence-corrected chi connectivity index (χ1v) is 16.9. The zero-order valence-electron chi connectivity index (χ0n) is 25.2. The van der Waals surface area contributed by atoms with Gasteiger partial charge in [0.05, 0.1) is 0 Å². The number of benzene rings is 7. The lowest BCUT2D eigenvalue weighted by Crippen LogP contribution is -2.54. The number of fused-ring (bicyclic) bond motifs is 15. The van der Waals surface area contributed by atoms with Crippen molar-refractivity contribution in [3.8, 4) is 22.3 Å². The monoisotopic (exact) mass is 616 g/mol. The molecule has 2 aliphatic heterocycles. The largest absolute Gasteiger partial charge is 0.439 e. The molecule has 0 fully saturated rings. The highest BCUT2D eigenvalue weighted by Crippen LogP contribution is 2.57. The molecule has 7 aromatic carbocycles. The summed E-state index contributed by atoms with van der Waals surface area (Å²) in [7, 11) is 0. The Labute approximate surface area is 275 Å². The minimum atomic E-state index is -0.111. The van der Waals surface area contributed by atoms with Gasteiger partial charge in [0.25, 0.3) is 0 Å². The van der Waals surface area contributed by atoms with E-state index in [4.69, 9.17) is 4.42 Å². The topological polar surface area (TPSA) is 19.6 Å². The molecule has 0 unspecified atom stereocenters. The van der Waals surface area contributed by atoms with Crippen molar-refractivity contribution in [3.05, 3.63) is 152 Å². The lowest BCUT2D eigenvalue weighted by molar-refractivity contribution is 0.628. The van der Waals surface area contributed by atoms with Crippen LogP contribution in [-0.4, -0.2) is 6.98 Å². The molecule has 0 saturated carbocycles. The quantitative estimate of drug-likeness (QED) is 0.142. The van der Waals surface area contributed by atoms with Crippen LogP contribution in [0.15, 0.2) is 156 Å². The van der Waals surface area contributed by atoms with Crippen LogP contribution in [0.2, 0.25) is 0 Å². The third kappa shape index (κ3) is 3.41. The zero-order valence-corrected chi connectivity index (χ0v) is 26.0. The number of nitrogens with zero attached hydrogens (tertiary/aromatic N) is 2. The molecule has 47 heavy (non-hydrogen) atoms. The molecule has 4 heterocycles. The second kappa shape index (κ2) is 9.38. The molecule has 3 nitrogen and oxygen atoms in total. The van der Waals surface area contributed by atoms with Gasteiger partial charge in [0.2, 0.25) is 5.88 Å². The number of hydrogen-bond donors (Lipinski definition) is 0.